The second-order valence-electron chi connectivity index (χ2n) is 6.89. The molecule has 4 N–H and O–H groups in total. The van der Waals surface area contributed by atoms with Gasteiger partial charge in [0.1, 0.15) is 24.3 Å². The molecule has 0 saturated carbocycles. The van der Waals surface area contributed by atoms with E-state index < -0.39 is 36.4 Å². The summed E-state index contributed by atoms with van der Waals surface area (Å²) >= 11 is 0. The quantitative estimate of drug-likeness (QED) is 0.380. The number of anilines is 1. The van der Waals surface area contributed by atoms with Crippen LogP contribution in [0, 0.1) is 5.82 Å². The number of nitrogens with one attached hydrogen (secondary N) is 2. The molecule has 0 fully saturated rings. The highest BCUT2D eigenvalue weighted by Crippen LogP contribution is 2.29. The van der Waals surface area contributed by atoms with Crippen LogP contribution in [0.25, 0.3) is 5.69 Å². The number of aliphatic hydroxyl groups is 2. The molecule has 8 nitrogen and oxygen atoms in total. The summed E-state index contributed by atoms with van der Waals surface area (Å²) in [5.41, 5.74) is -0.734. The van der Waals surface area contributed by atoms with E-state index in [0.29, 0.717) is 11.4 Å². The van der Waals surface area contributed by atoms with Gasteiger partial charge in [0.05, 0.1) is 24.5 Å². The molecule has 12 heteroatoms. The molecule has 0 aliphatic heterocycles. The van der Waals surface area contributed by atoms with E-state index in [9.17, 15) is 27.5 Å². The van der Waals surface area contributed by atoms with Gasteiger partial charge < -0.3 is 25.6 Å². The highest BCUT2D eigenvalue weighted by molar-refractivity contribution is 5.89. The summed E-state index contributed by atoms with van der Waals surface area (Å²) in [6, 6.07) is 11.1. The summed E-state index contributed by atoms with van der Waals surface area (Å²) in [6.45, 7) is -0.864. The first-order chi connectivity index (χ1) is 15.7. The van der Waals surface area contributed by atoms with Crippen LogP contribution in [0.2, 0.25) is 0 Å². The van der Waals surface area contributed by atoms with Crippen LogP contribution in [-0.2, 0) is 12.7 Å². The second-order valence-corrected chi connectivity index (χ2v) is 6.89. The van der Waals surface area contributed by atoms with Crippen molar-refractivity contribution in [2.75, 3.05) is 18.5 Å². The van der Waals surface area contributed by atoms with Crippen LogP contribution >= 0.6 is 0 Å². The van der Waals surface area contributed by atoms with Crippen molar-refractivity contribution in [3.63, 3.8) is 0 Å². The van der Waals surface area contributed by atoms with E-state index in [-0.39, 0.29) is 24.5 Å². The monoisotopic (exact) mass is 468 g/mol. The summed E-state index contributed by atoms with van der Waals surface area (Å²) < 4.78 is 59.1. The maximum Gasteiger partial charge on any atom is 0.435 e. The van der Waals surface area contributed by atoms with Gasteiger partial charge >= 0.3 is 12.2 Å². The number of hydrogen-bond donors (Lipinski definition) is 4. The van der Waals surface area contributed by atoms with Gasteiger partial charge in [-0.2, -0.15) is 18.3 Å². The summed E-state index contributed by atoms with van der Waals surface area (Å²) in [4.78, 5) is 12.2. The molecule has 1 heterocycles. The lowest BCUT2D eigenvalue weighted by molar-refractivity contribution is -0.141. The number of rotatable bonds is 8. The van der Waals surface area contributed by atoms with Crippen LogP contribution in [0.1, 0.15) is 11.4 Å². The lowest BCUT2D eigenvalue weighted by Crippen LogP contribution is -2.29. The van der Waals surface area contributed by atoms with Crippen molar-refractivity contribution in [3.8, 4) is 11.4 Å². The van der Waals surface area contributed by atoms with Crippen molar-refractivity contribution in [2.45, 2.75) is 18.8 Å². The fourth-order valence-electron chi connectivity index (χ4n) is 2.74. The molecule has 176 valence electrons. The van der Waals surface area contributed by atoms with E-state index >= 15 is 0 Å². The van der Waals surface area contributed by atoms with Gasteiger partial charge in [-0.25, -0.2) is 13.9 Å². The van der Waals surface area contributed by atoms with E-state index in [0.717, 1.165) is 22.9 Å². The molecule has 2 amide bonds. The Bertz CT molecular complexity index is 1090. The smallest absolute Gasteiger partial charge is 0.435 e. The summed E-state index contributed by atoms with van der Waals surface area (Å²) in [5.74, 6) is -0.251. The predicted octanol–water partition coefficient (Wildman–Crippen LogP) is 3.08. The molecule has 3 aromatic rings. The maximum atomic E-state index is 13.5. The fourth-order valence-corrected chi connectivity index (χ4v) is 2.74. The van der Waals surface area contributed by atoms with Crippen molar-refractivity contribution < 1.29 is 37.3 Å². The van der Waals surface area contributed by atoms with Crippen LogP contribution in [0.15, 0.2) is 54.6 Å². The number of amides is 2. The van der Waals surface area contributed by atoms with E-state index in [4.69, 9.17) is 9.84 Å². The molecule has 1 atom stereocenters. The van der Waals surface area contributed by atoms with Gasteiger partial charge in [0.15, 0.2) is 5.69 Å². The average molecular weight is 468 g/mol. The van der Waals surface area contributed by atoms with Gasteiger partial charge in [-0.15, -0.1) is 0 Å². The van der Waals surface area contributed by atoms with Gasteiger partial charge in [-0.1, -0.05) is 6.07 Å². The molecule has 0 radical (unpaired) electrons. The number of carbonyl (C=O) groups excluding carboxylic acids is 1. The molecule has 0 aliphatic carbocycles. The number of halogens is 4. The van der Waals surface area contributed by atoms with Crippen molar-refractivity contribution in [1.82, 2.24) is 15.1 Å². The second kappa shape index (κ2) is 10.3. The van der Waals surface area contributed by atoms with Crippen molar-refractivity contribution in [3.05, 3.63) is 71.8 Å². The molecule has 0 spiro atoms. The van der Waals surface area contributed by atoms with Crippen LogP contribution in [0.3, 0.4) is 0 Å². The Morgan fingerprint density at radius 1 is 1.15 bits per heavy atom. The van der Waals surface area contributed by atoms with Gasteiger partial charge in [-0.3, -0.25) is 0 Å². The molecular weight excluding hydrogens is 448 g/mol. The van der Waals surface area contributed by atoms with Crippen molar-refractivity contribution >= 4 is 11.7 Å². The third-order valence-corrected chi connectivity index (χ3v) is 4.32. The Hall–Kier alpha value is -3.64. The van der Waals surface area contributed by atoms with Crippen LogP contribution < -0.4 is 15.4 Å². The molecule has 2 aromatic carbocycles. The largest absolute Gasteiger partial charge is 0.491 e. The Morgan fingerprint density at radius 2 is 1.88 bits per heavy atom. The van der Waals surface area contributed by atoms with Gasteiger partial charge in [-0.05, 0) is 48.5 Å². The van der Waals surface area contributed by atoms with E-state index in [2.05, 4.69) is 15.7 Å². The standard InChI is InChI=1S/C21H20F4N4O4/c22-13-2-1-3-15(8-13)29-16(9-19(28-29)21(23,24)25)10-26-20(32)27-14-4-6-18(7-5-14)33-12-17(31)11-30/h1-9,17,30-31H,10-12H2,(H2,26,27,32). The minimum Gasteiger partial charge on any atom is -0.491 e. The number of aliphatic hydroxyl groups excluding tert-OH is 2. The third-order valence-electron chi connectivity index (χ3n) is 4.32. The maximum absolute atomic E-state index is 13.5. The van der Waals surface area contributed by atoms with Crippen LogP contribution in [0.4, 0.5) is 28.0 Å². The lowest BCUT2D eigenvalue weighted by Gasteiger charge is -2.12. The van der Waals surface area contributed by atoms with Gasteiger partial charge in [0.25, 0.3) is 0 Å². The molecule has 0 bridgehead atoms. The van der Waals surface area contributed by atoms with Crippen LogP contribution in [0.5, 0.6) is 5.75 Å². The summed E-state index contributed by atoms with van der Waals surface area (Å²) in [6.07, 6.45) is -5.74. The zero-order valence-electron chi connectivity index (χ0n) is 17.0. The van der Waals surface area contributed by atoms with Crippen LogP contribution in [-0.4, -0.2) is 45.3 Å². The zero-order chi connectivity index (χ0) is 24.0. The number of benzene rings is 2. The van der Waals surface area contributed by atoms with E-state index in [1.165, 1.54) is 36.4 Å². The number of hydrogen-bond acceptors (Lipinski definition) is 5. The van der Waals surface area contributed by atoms with Gasteiger partial charge in [0.2, 0.25) is 0 Å². The first kappa shape index (κ1) is 24.0. The molecule has 3 rings (SSSR count). The Morgan fingerprint density at radius 3 is 2.52 bits per heavy atom. The summed E-state index contributed by atoms with van der Waals surface area (Å²) in [7, 11) is 0. The molecule has 33 heavy (non-hydrogen) atoms. The zero-order valence-corrected chi connectivity index (χ0v) is 17.0. The first-order valence-electron chi connectivity index (χ1n) is 9.64. The normalized spacial score (nSPS) is 12.3. The minimum absolute atomic E-state index is 0.00531. The molecule has 1 aromatic heterocycles. The van der Waals surface area contributed by atoms with E-state index in [1.54, 1.807) is 0 Å². The molecule has 0 aliphatic rings. The number of alkyl halides is 3. The van der Waals surface area contributed by atoms with Gasteiger partial charge in [0, 0.05) is 5.69 Å². The predicted molar refractivity (Wildman–Crippen MR) is 109 cm³/mol. The van der Waals surface area contributed by atoms with Crippen molar-refractivity contribution in [1.29, 1.82) is 0 Å². The molecular formula is C21H20F4N4O4. The number of nitrogens with zero attached hydrogens (tertiary/aromatic N) is 2. The minimum atomic E-state index is -4.72. The Balaban J connectivity index is 1.65. The number of carbonyl (C=O) groups is 1. The molecule has 0 saturated heterocycles. The average Bonchev–Trinajstić information content (AvgIpc) is 3.22. The summed E-state index contributed by atoms with van der Waals surface area (Å²) in [5, 5.41) is 26.5. The first-order valence-corrected chi connectivity index (χ1v) is 9.64. The number of urea groups is 1. The fraction of sp³-hybridized carbons (Fsp3) is 0.238. The number of aromatic nitrogens is 2. The topological polar surface area (TPSA) is 109 Å². The van der Waals surface area contributed by atoms with E-state index in [1.807, 2.05) is 0 Å². The Labute approximate surface area is 185 Å². The number of ether oxygens (including phenoxy) is 1. The highest BCUT2D eigenvalue weighted by atomic mass is 19.4. The highest BCUT2D eigenvalue weighted by Gasteiger charge is 2.35. The lowest BCUT2D eigenvalue weighted by atomic mass is 10.3. The third kappa shape index (κ3) is 6.67. The van der Waals surface area contributed by atoms with Crippen molar-refractivity contribution in [2.24, 2.45) is 0 Å². The SMILES string of the molecule is O=C(NCc1cc(C(F)(F)F)nn1-c1cccc(F)c1)Nc1ccc(OCC(O)CO)cc1. The Kier molecular flexibility index (Phi) is 7.51. The molecule has 1 unspecified atom stereocenters.